The lowest BCUT2D eigenvalue weighted by Crippen LogP contribution is -2.20. The average Bonchev–Trinajstić information content (AvgIpc) is 2.66. The first-order valence-corrected chi connectivity index (χ1v) is 4.55. The van der Waals surface area contributed by atoms with E-state index >= 15 is 0 Å². The molecule has 0 amide bonds. The molecule has 2 heterocycles. The highest BCUT2D eigenvalue weighted by Gasteiger charge is 2.02. The highest BCUT2D eigenvalue weighted by molar-refractivity contribution is 5.76. The molecule has 0 spiro atoms. The zero-order chi connectivity index (χ0) is 9.97. The lowest BCUT2D eigenvalue weighted by atomic mass is 10.3. The fraction of sp³-hybridized carbons (Fsp3) is 0.333. The zero-order valence-electron chi connectivity index (χ0n) is 7.73. The van der Waals surface area contributed by atoms with Crippen molar-refractivity contribution >= 4 is 10.9 Å². The van der Waals surface area contributed by atoms with E-state index in [1.54, 1.807) is 17.0 Å². The van der Waals surface area contributed by atoms with E-state index in [0.29, 0.717) is 18.5 Å². The Labute approximate surface area is 80.5 Å². The maximum atomic E-state index is 11.8. The molecule has 0 saturated carbocycles. The molecular formula is C9H12N4O. The SMILES string of the molecule is NCCCn1ccc2[nH]ncc2c1=O. The van der Waals surface area contributed by atoms with Crippen molar-refractivity contribution in [2.45, 2.75) is 13.0 Å². The number of hydrogen-bond acceptors (Lipinski definition) is 3. The molecule has 74 valence electrons. The number of aromatic nitrogens is 3. The summed E-state index contributed by atoms with van der Waals surface area (Å²) in [7, 11) is 0. The van der Waals surface area contributed by atoms with Gasteiger partial charge in [-0.1, -0.05) is 0 Å². The minimum absolute atomic E-state index is 0.00954. The van der Waals surface area contributed by atoms with E-state index in [9.17, 15) is 4.79 Å². The first-order chi connectivity index (χ1) is 6.83. The summed E-state index contributed by atoms with van der Waals surface area (Å²) >= 11 is 0. The molecule has 0 atom stereocenters. The van der Waals surface area contributed by atoms with E-state index < -0.39 is 0 Å². The Kier molecular flexibility index (Phi) is 2.32. The second kappa shape index (κ2) is 3.63. The molecule has 0 aliphatic carbocycles. The van der Waals surface area contributed by atoms with Crippen molar-refractivity contribution in [1.82, 2.24) is 14.8 Å². The Morgan fingerprint density at radius 1 is 1.57 bits per heavy atom. The Morgan fingerprint density at radius 3 is 3.21 bits per heavy atom. The van der Waals surface area contributed by atoms with Crippen LogP contribution in [0.15, 0.2) is 23.3 Å². The molecule has 2 aromatic heterocycles. The van der Waals surface area contributed by atoms with Crippen molar-refractivity contribution in [1.29, 1.82) is 0 Å². The lowest BCUT2D eigenvalue weighted by Gasteiger charge is -2.03. The van der Waals surface area contributed by atoms with Gasteiger partial charge in [-0.2, -0.15) is 5.10 Å². The van der Waals surface area contributed by atoms with Gasteiger partial charge in [0.2, 0.25) is 0 Å². The Hall–Kier alpha value is -1.62. The molecule has 0 aliphatic heterocycles. The van der Waals surface area contributed by atoms with Crippen LogP contribution in [0.4, 0.5) is 0 Å². The quantitative estimate of drug-likeness (QED) is 0.722. The van der Waals surface area contributed by atoms with Gasteiger partial charge in [-0.15, -0.1) is 0 Å². The summed E-state index contributed by atoms with van der Waals surface area (Å²) in [5, 5.41) is 7.21. The Morgan fingerprint density at radius 2 is 2.43 bits per heavy atom. The van der Waals surface area contributed by atoms with Gasteiger partial charge in [0.1, 0.15) is 0 Å². The summed E-state index contributed by atoms with van der Waals surface area (Å²) < 4.78 is 1.66. The minimum atomic E-state index is -0.00954. The zero-order valence-corrected chi connectivity index (χ0v) is 7.73. The number of aromatic amines is 1. The summed E-state index contributed by atoms with van der Waals surface area (Å²) in [5.41, 5.74) is 6.15. The van der Waals surface area contributed by atoms with Gasteiger partial charge >= 0.3 is 0 Å². The maximum Gasteiger partial charge on any atom is 0.261 e. The third-order valence-corrected chi connectivity index (χ3v) is 2.18. The van der Waals surface area contributed by atoms with Gasteiger partial charge in [0.25, 0.3) is 5.56 Å². The number of nitrogens with zero attached hydrogens (tertiary/aromatic N) is 2. The van der Waals surface area contributed by atoms with Crippen LogP contribution in [-0.4, -0.2) is 21.3 Å². The van der Waals surface area contributed by atoms with Crippen LogP contribution >= 0.6 is 0 Å². The van der Waals surface area contributed by atoms with Crippen molar-refractivity contribution < 1.29 is 0 Å². The number of nitrogens with two attached hydrogens (primary N) is 1. The van der Waals surface area contributed by atoms with Gasteiger partial charge in [-0.3, -0.25) is 9.89 Å². The van der Waals surface area contributed by atoms with Crippen molar-refractivity contribution in [3.8, 4) is 0 Å². The lowest BCUT2D eigenvalue weighted by molar-refractivity contribution is 0.634. The van der Waals surface area contributed by atoms with Crippen LogP contribution in [0.1, 0.15) is 6.42 Å². The fourth-order valence-corrected chi connectivity index (χ4v) is 1.42. The van der Waals surface area contributed by atoms with Crippen molar-refractivity contribution in [3.05, 3.63) is 28.8 Å². The molecule has 0 fully saturated rings. The Bertz CT molecular complexity index is 485. The van der Waals surface area contributed by atoms with E-state index in [1.807, 2.05) is 6.07 Å². The van der Waals surface area contributed by atoms with Crippen molar-refractivity contribution in [3.63, 3.8) is 0 Å². The predicted molar refractivity (Wildman–Crippen MR) is 54.0 cm³/mol. The topological polar surface area (TPSA) is 76.7 Å². The molecule has 5 nitrogen and oxygen atoms in total. The minimum Gasteiger partial charge on any atom is -0.330 e. The van der Waals surface area contributed by atoms with E-state index in [2.05, 4.69) is 10.2 Å². The molecule has 0 unspecified atom stereocenters. The van der Waals surface area contributed by atoms with Gasteiger partial charge in [-0.25, -0.2) is 0 Å². The van der Waals surface area contributed by atoms with E-state index in [1.165, 1.54) is 0 Å². The summed E-state index contributed by atoms with van der Waals surface area (Å²) in [6, 6.07) is 1.85. The van der Waals surface area contributed by atoms with Crippen LogP contribution in [0.5, 0.6) is 0 Å². The van der Waals surface area contributed by atoms with Crippen molar-refractivity contribution in [2.24, 2.45) is 5.73 Å². The van der Waals surface area contributed by atoms with Gasteiger partial charge in [0.05, 0.1) is 17.1 Å². The molecule has 5 heteroatoms. The molecule has 2 rings (SSSR count). The van der Waals surface area contributed by atoms with E-state index in [-0.39, 0.29) is 5.56 Å². The van der Waals surface area contributed by atoms with Gasteiger partial charge in [0.15, 0.2) is 0 Å². The normalized spacial score (nSPS) is 10.9. The van der Waals surface area contributed by atoms with Crippen LogP contribution in [0.25, 0.3) is 10.9 Å². The van der Waals surface area contributed by atoms with Crippen LogP contribution in [-0.2, 0) is 6.54 Å². The van der Waals surface area contributed by atoms with Gasteiger partial charge in [0, 0.05) is 12.7 Å². The molecule has 0 aliphatic rings. The molecule has 0 saturated heterocycles. The molecule has 2 aromatic rings. The van der Waals surface area contributed by atoms with E-state index in [4.69, 9.17) is 5.73 Å². The predicted octanol–water partition coefficient (Wildman–Crippen LogP) is 0.0734. The summed E-state index contributed by atoms with van der Waals surface area (Å²) in [5.74, 6) is 0. The maximum absolute atomic E-state index is 11.8. The summed E-state index contributed by atoms with van der Waals surface area (Å²) in [4.78, 5) is 11.8. The smallest absolute Gasteiger partial charge is 0.261 e. The summed E-state index contributed by atoms with van der Waals surface area (Å²) in [6.45, 7) is 1.26. The summed E-state index contributed by atoms with van der Waals surface area (Å²) in [6.07, 6.45) is 4.12. The number of fused-ring (bicyclic) bond motifs is 1. The number of H-pyrrole nitrogens is 1. The standard InChI is InChI=1S/C9H12N4O/c10-3-1-4-13-5-2-8-7(9(13)14)6-11-12-8/h2,5-6H,1,3-4,10H2,(H,11,12). The molecule has 3 N–H and O–H groups in total. The van der Waals surface area contributed by atoms with Gasteiger partial charge in [-0.05, 0) is 19.0 Å². The fourth-order valence-electron chi connectivity index (χ4n) is 1.42. The van der Waals surface area contributed by atoms with Crippen LogP contribution in [0, 0.1) is 0 Å². The largest absolute Gasteiger partial charge is 0.330 e. The van der Waals surface area contributed by atoms with Crippen molar-refractivity contribution in [2.75, 3.05) is 6.54 Å². The molecule has 0 radical (unpaired) electrons. The molecule has 0 bridgehead atoms. The highest BCUT2D eigenvalue weighted by atomic mass is 16.1. The second-order valence-electron chi connectivity index (χ2n) is 3.15. The molecular weight excluding hydrogens is 180 g/mol. The van der Waals surface area contributed by atoms with Gasteiger partial charge < -0.3 is 10.3 Å². The number of pyridine rings is 1. The third-order valence-electron chi connectivity index (χ3n) is 2.18. The highest BCUT2D eigenvalue weighted by Crippen LogP contribution is 2.03. The molecule has 14 heavy (non-hydrogen) atoms. The number of rotatable bonds is 3. The second-order valence-corrected chi connectivity index (χ2v) is 3.15. The first-order valence-electron chi connectivity index (χ1n) is 4.55. The Balaban J connectivity index is 2.46. The van der Waals surface area contributed by atoms with Crippen LogP contribution in [0.2, 0.25) is 0 Å². The number of hydrogen-bond donors (Lipinski definition) is 2. The average molecular weight is 192 g/mol. The van der Waals surface area contributed by atoms with Crippen LogP contribution in [0.3, 0.4) is 0 Å². The third kappa shape index (κ3) is 1.42. The number of aryl methyl sites for hydroxylation is 1. The van der Waals surface area contributed by atoms with E-state index in [0.717, 1.165) is 11.9 Å². The molecule has 0 aromatic carbocycles. The van der Waals surface area contributed by atoms with Crippen LogP contribution < -0.4 is 11.3 Å². The first kappa shape index (κ1) is 8.96. The monoisotopic (exact) mass is 192 g/mol. The number of nitrogens with one attached hydrogen (secondary N) is 1.